The van der Waals surface area contributed by atoms with Crippen molar-refractivity contribution in [2.24, 2.45) is 0 Å². The SMILES string of the molecule is C=C(C)CN(c1ccccc1)c1nc(NCCO)nc(Nc2ccc(/C=C/c3ccc(Nc4nc(NCCOC)nc(N(CC(=C)C)c5ccccc5)n4)cc3S(=O)O)c(S(=O)(=O)O)c2)n1. The number of hydrogen-bond acceptors (Lipinski definition) is 17. The van der Waals surface area contributed by atoms with Gasteiger partial charge in [0.1, 0.15) is 4.90 Å². The molecule has 344 valence electrons. The van der Waals surface area contributed by atoms with Crippen molar-refractivity contribution in [3.63, 3.8) is 0 Å². The Balaban J connectivity index is 1.30. The van der Waals surface area contributed by atoms with Gasteiger partial charge >= 0.3 is 0 Å². The molecule has 0 aliphatic rings. The molecule has 0 spiro atoms. The van der Waals surface area contributed by atoms with E-state index in [1.54, 1.807) is 25.3 Å². The van der Waals surface area contributed by atoms with Crippen LogP contribution in [-0.2, 0) is 25.9 Å². The summed E-state index contributed by atoms with van der Waals surface area (Å²) in [7, 11) is -3.24. The van der Waals surface area contributed by atoms with Crippen molar-refractivity contribution >= 4 is 91.8 Å². The maximum atomic E-state index is 12.8. The van der Waals surface area contributed by atoms with Gasteiger partial charge in [-0.3, -0.25) is 4.55 Å². The summed E-state index contributed by atoms with van der Waals surface area (Å²) in [5, 5.41) is 21.7. The summed E-state index contributed by atoms with van der Waals surface area (Å²) in [5.74, 6) is 1.12. The molecule has 6 rings (SSSR count). The number of aromatic nitrogens is 6. The molecular formula is C45H50N12O7S2. The average molecular weight is 935 g/mol. The summed E-state index contributed by atoms with van der Waals surface area (Å²) in [6, 6.07) is 27.8. The van der Waals surface area contributed by atoms with Crippen LogP contribution in [0.1, 0.15) is 25.0 Å². The van der Waals surface area contributed by atoms with Crippen molar-refractivity contribution in [2.45, 2.75) is 23.6 Å². The standard InChI is InChI=1S/C45H50N12O7S2/c1-30(2)28-56(36-12-8-6-9-13-36)44-52-40(46-22-24-58)50-43(55-44)49-35-21-19-33(39(27-35)66(61,62)63)17-16-32-18-20-34(26-38(32)65(59)60)48-42-51-41(47-23-25-64-5)53-45(54-42)57(29-31(3)4)37-14-10-7-11-15-37/h6-21,26-27,58H,1,3,22-25,28-29H2,2,4-5H3,(H,59,60)(H,61,62,63)(H2,46,49,50,52,55)(H2,47,48,51,53,54)/b17-16+. The van der Waals surface area contributed by atoms with Gasteiger partial charge < -0.3 is 45.5 Å². The predicted octanol–water partition coefficient (Wildman–Crippen LogP) is 7.43. The first kappa shape index (κ1) is 48.3. The minimum absolute atomic E-state index is 0.0173. The zero-order chi connectivity index (χ0) is 47.2. The molecule has 0 saturated carbocycles. The van der Waals surface area contributed by atoms with Crippen molar-refractivity contribution in [1.82, 2.24) is 29.9 Å². The molecule has 2 aromatic heterocycles. The Morgan fingerprint density at radius 3 is 1.64 bits per heavy atom. The van der Waals surface area contributed by atoms with Gasteiger partial charge in [-0.05, 0) is 73.5 Å². The number of aliphatic hydroxyl groups excluding tert-OH is 1. The van der Waals surface area contributed by atoms with Crippen LogP contribution in [0.3, 0.4) is 0 Å². The third kappa shape index (κ3) is 13.4. The van der Waals surface area contributed by atoms with Crippen molar-refractivity contribution in [2.75, 3.05) is 77.6 Å². The number of rotatable bonds is 23. The van der Waals surface area contributed by atoms with E-state index in [0.29, 0.717) is 37.9 Å². The monoisotopic (exact) mass is 934 g/mol. The molecule has 0 radical (unpaired) electrons. The topological polar surface area (TPSA) is 253 Å². The number of nitrogens with zero attached hydrogens (tertiary/aromatic N) is 8. The third-order valence-corrected chi connectivity index (χ3v) is 10.8. The van der Waals surface area contributed by atoms with E-state index in [-0.39, 0.29) is 64.6 Å². The summed E-state index contributed by atoms with van der Waals surface area (Å²) in [6.45, 7) is 13.4. The average Bonchev–Trinajstić information content (AvgIpc) is 3.29. The number of nitrogens with one attached hydrogen (secondary N) is 4. The lowest BCUT2D eigenvalue weighted by Gasteiger charge is -2.24. The molecule has 0 amide bonds. The second kappa shape index (κ2) is 22.7. The van der Waals surface area contributed by atoms with Crippen molar-refractivity contribution in [1.29, 1.82) is 0 Å². The highest BCUT2D eigenvalue weighted by molar-refractivity contribution is 7.86. The first-order chi connectivity index (χ1) is 31.7. The van der Waals surface area contributed by atoms with E-state index in [4.69, 9.17) is 9.72 Å². The zero-order valence-electron chi connectivity index (χ0n) is 36.4. The van der Waals surface area contributed by atoms with Crippen LogP contribution in [0.5, 0.6) is 0 Å². The molecule has 1 atom stereocenters. The van der Waals surface area contributed by atoms with E-state index in [1.807, 2.05) is 84.3 Å². The number of hydrogen-bond donors (Lipinski definition) is 7. The van der Waals surface area contributed by atoms with Gasteiger partial charge in [-0.1, -0.05) is 85.0 Å². The summed E-state index contributed by atoms with van der Waals surface area (Å²) < 4.78 is 64.4. The van der Waals surface area contributed by atoms with Crippen LogP contribution >= 0.6 is 0 Å². The number of aliphatic hydroxyl groups is 1. The molecule has 0 bridgehead atoms. The van der Waals surface area contributed by atoms with E-state index >= 15 is 0 Å². The Morgan fingerprint density at radius 1 is 0.697 bits per heavy atom. The van der Waals surface area contributed by atoms with Crippen molar-refractivity contribution in [3.05, 3.63) is 132 Å². The van der Waals surface area contributed by atoms with Gasteiger partial charge in [0.25, 0.3) is 10.1 Å². The molecule has 2 heterocycles. The first-order valence-electron chi connectivity index (χ1n) is 20.3. The first-order valence-corrected chi connectivity index (χ1v) is 22.9. The molecular weight excluding hydrogens is 885 g/mol. The maximum absolute atomic E-state index is 12.8. The van der Waals surface area contributed by atoms with E-state index < -0.39 is 26.1 Å². The fraction of sp³-hybridized carbons (Fsp3) is 0.200. The predicted molar refractivity (Wildman–Crippen MR) is 259 cm³/mol. The van der Waals surface area contributed by atoms with Crippen LogP contribution in [0.2, 0.25) is 0 Å². The second-order valence-corrected chi connectivity index (χ2v) is 17.0. The van der Waals surface area contributed by atoms with Crippen LogP contribution in [-0.4, -0.2) is 103 Å². The van der Waals surface area contributed by atoms with Crippen LogP contribution < -0.4 is 31.1 Å². The molecule has 6 aromatic rings. The molecule has 66 heavy (non-hydrogen) atoms. The summed E-state index contributed by atoms with van der Waals surface area (Å²) in [4.78, 5) is 30.7. The number of anilines is 10. The highest BCUT2D eigenvalue weighted by Gasteiger charge is 2.20. The Labute approximate surface area is 385 Å². The Bertz CT molecular complexity index is 2820. The largest absolute Gasteiger partial charge is 0.395 e. The van der Waals surface area contributed by atoms with E-state index in [2.05, 4.69) is 59.3 Å². The van der Waals surface area contributed by atoms with Gasteiger partial charge in [-0.15, -0.1) is 0 Å². The van der Waals surface area contributed by atoms with Gasteiger partial charge in [0, 0.05) is 56.0 Å². The summed E-state index contributed by atoms with van der Waals surface area (Å²) >= 11 is -2.51. The second-order valence-electron chi connectivity index (χ2n) is 14.7. The van der Waals surface area contributed by atoms with Crippen LogP contribution in [0.15, 0.2) is 131 Å². The highest BCUT2D eigenvalue weighted by Crippen LogP contribution is 2.30. The fourth-order valence-electron chi connectivity index (χ4n) is 6.30. The third-order valence-electron chi connectivity index (χ3n) is 9.15. The van der Waals surface area contributed by atoms with Gasteiger partial charge in [0.15, 0.2) is 11.1 Å². The molecule has 1 unspecified atom stereocenters. The number of benzene rings is 4. The molecule has 0 saturated heterocycles. The van der Waals surface area contributed by atoms with Crippen molar-refractivity contribution < 1.29 is 31.6 Å². The lowest BCUT2D eigenvalue weighted by atomic mass is 10.1. The van der Waals surface area contributed by atoms with Gasteiger partial charge in [0.2, 0.25) is 35.7 Å². The molecule has 21 heteroatoms. The molecule has 19 nitrogen and oxygen atoms in total. The van der Waals surface area contributed by atoms with E-state index in [0.717, 1.165) is 22.5 Å². The lowest BCUT2D eigenvalue weighted by Crippen LogP contribution is -2.23. The van der Waals surface area contributed by atoms with Crippen LogP contribution in [0, 0.1) is 0 Å². The minimum atomic E-state index is -4.82. The van der Waals surface area contributed by atoms with Crippen LogP contribution in [0.4, 0.5) is 58.4 Å². The van der Waals surface area contributed by atoms with Gasteiger partial charge in [-0.2, -0.15) is 38.3 Å². The quantitative estimate of drug-likeness (QED) is 0.0108. The summed E-state index contributed by atoms with van der Waals surface area (Å²) in [5.41, 5.74) is 4.20. The molecule has 4 aromatic carbocycles. The van der Waals surface area contributed by atoms with E-state index in [1.165, 1.54) is 30.4 Å². The highest BCUT2D eigenvalue weighted by atomic mass is 32.2. The Kier molecular flexibility index (Phi) is 16.6. The molecule has 7 N–H and O–H groups in total. The molecule has 0 aliphatic carbocycles. The Hall–Kier alpha value is -7.14. The molecule has 0 fully saturated rings. The normalized spacial score (nSPS) is 11.8. The number of para-hydroxylation sites is 2. The fourth-order valence-corrected chi connectivity index (χ4v) is 7.57. The maximum Gasteiger partial charge on any atom is 0.295 e. The van der Waals surface area contributed by atoms with Gasteiger partial charge in [-0.25, -0.2) is 4.21 Å². The van der Waals surface area contributed by atoms with Crippen LogP contribution in [0.25, 0.3) is 12.2 Å². The van der Waals surface area contributed by atoms with E-state index in [9.17, 15) is 26.8 Å². The Morgan fingerprint density at radius 2 is 1.17 bits per heavy atom. The molecule has 0 aliphatic heterocycles. The smallest absolute Gasteiger partial charge is 0.295 e. The number of ether oxygens (including phenoxy) is 1. The lowest BCUT2D eigenvalue weighted by molar-refractivity contribution is 0.210. The summed E-state index contributed by atoms with van der Waals surface area (Å²) in [6.07, 6.45) is 2.85. The zero-order valence-corrected chi connectivity index (χ0v) is 38.1. The van der Waals surface area contributed by atoms with Gasteiger partial charge in [0.05, 0.1) is 18.1 Å². The van der Waals surface area contributed by atoms with Crippen molar-refractivity contribution in [3.8, 4) is 0 Å². The minimum Gasteiger partial charge on any atom is -0.395 e. The number of methoxy groups -OCH3 is 1.